The van der Waals surface area contributed by atoms with Crippen molar-refractivity contribution >= 4 is 21.9 Å². The molecule has 2 aromatic rings. The predicted octanol–water partition coefficient (Wildman–Crippen LogP) is 2.13. The molecule has 208 valence electrons. The minimum Gasteiger partial charge on any atom is -0.492 e. The molecular weight excluding hydrogens is 529 g/mol. The van der Waals surface area contributed by atoms with Crippen LogP contribution in [0.1, 0.15) is 18.4 Å². The van der Waals surface area contributed by atoms with Gasteiger partial charge in [-0.2, -0.15) is 17.5 Å². The van der Waals surface area contributed by atoms with Gasteiger partial charge in [0.15, 0.2) is 0 Å². The van der Waals surface area contributed by atoms with Gasteiger partial charge >= 0.3 is 12.1 Å². The molecular formula is C24H29F3N4O6S. The Bertz CT molecular complexity index is 1220. The number of ether oxygens (including phenoxy) is 1. The van der Waals surface area contributed by atoms with Gasteiger partial charge in [0, 0.05) is 37.9 Å². The van der Waals surface area contributed by atoms with Crippen LogP contribution < -0.4 is 10.1 Å². The van der Waals surface area contributed by atoms with Crippen LogP contribution in [-0.2, 0) is 26.2 Å². The molecule has 0 aliphatic carbocycles. The van der Waals surface area contributed by atoms with Crippen LogP contribution in [0.4, 0.5) is 13.2 Å². The number of halogens is 3. The largest absolute Gasteiger partial charge is 0.492 e. The lowest BCUT2D eigenvalue weighted by atomic mass is 9.78. The van der Waals surface area contributed by atoms with Crippen LogP contribution in [-0.4, -0.2) is 85.6 Å². The molecule has 2 aliphatic heterocycles. The normalized spacial score (nSPS) is 19.1. The number of alkyl halides is 3. The third-order valence-corrected chi connectivity index (χ3v) is 8.26. The standard InChI is InChI=1S/C22H28N4O4S.C2HF3O2/c1-23-21(27)15-26-16-22(17-30-19-4-2-3-5-20(19)31(26,28)29)8-12-25(13-9-22)14-18-6-10-24-11-7-18;3-2(4,5)1(6)7/h2-7,10-11H,8-9,12-17H2,1H3,(H,23,27);(H,6,7). The summed E-state index contributed by atoms with van der Waals surface area (Å²) >= 11 is 0. The maximum Gasteiger partial charge on any atom is 0.490 e. The van der Waals surface area contributed by atoms with Crippen molar-refractivity contribution in [3.05, 3.63) is 54.4 Å². The fourth-order valence-corrected chi connectivity index (χ4v) is 5.91. The number of nitrogens with one attached hydrogen (secondary N) is 1. The van der Waals surface area contributed by atoms with E-state index in [1.807, 2.05) is 12.1 Å². The van der Waals surface area contributed by atoms with Gasteiger partial charge in [-0.25, -0.2) is 13.2 Å². The average molecular weight is 559 g/mol. The number of carboxylic acids is 1. The summed E-state index contributed by atoms with van der Waals surface area (Å²) in [6, 6.07) is 10.7. The number of hydrogen-bond donors (Lipinski definition) is 2. The smallest absolute Gasteiger partial charge is 0.490 e. The summed E-state index contributed by atoms with van der Waals surface area (Å²) in [5.41, 5.74) is 0.862. The lowest BCUT2D eigenvalue weighted by Gasteiger charge is -2.44. The molecule has 0 atom stereocenters. The first kappa shape index (κ1) is 29.3. The minimum atomic E-state index is -5.08. The van der Waals surface area contributed by atoms with Crippen LogP contribution in [0.15, 0.2) is 53.7 Å². The fraction of sp³-hybridized carbons (Fsp3) is 0.458. The molecule has 2 aliphatic rings. The first-order valence-corrected chi connectivity index (χ1v) is 13.1. The number of hydrogen-bond acceptors (Lipinski definition) is 7. The number of nitrogens with zero attached hydrogens (tertiary/aromatic N) is 3. The van der Waals surface area contributed by atoms with Crippen LogP contribution in [0, 0.1) is 5.41 Å². The van der Waals surface area contributed by atoms with E-state index in [0.29, 0.717) is 12.4 Å². The molecule has 1 amide bonds. The molecule has 4 rings (SSSR count). The maximum atomic E-state index is 13.4. The lowest BCUT2D eigenvalue weighted by molar-refractivity contribution is -0.192. The van der Waals surface area contributed by atoms with Crippen molar-refractivity contribution < 1.29 is 41.0 Å². The average Bonchev–Trinajstić information content (AvgIpc) is 2.88. The van der Waals surface area contributed by atoms with Gasteiger partial charge in [-0.1, -0.05) is 12.1 Å². The Balaban J connectivity index is 0.000000505. The van der Waals surface area contributed by atoms with Gasteiger partial charge in [-0.15, -0.1) is 0 Å². The van der Waals surface area contributed by atoms with E-state index in [-0.39, 0.29) is 29.3 Å². The van der Waals surface area contributed by atoms with Gasteiger partial charge in [-0.05, 0) is 55.8 Å². The topological polar surface area (TPSA) is 129 Å². The molecule has 0 radical (unpaired) electrons. The molecule has 2 N–H and O–H groups in total. The van der Waals surface area contributed by atoms with Gasteiger partial charge in [-0.3, -0.25) is 14.7 Å². The molecule has 1 aromatic heterocycles. The summed E-state index contributed by atoms with van der Waals surface area (Å²) in [6.45, 7) is 2.99. The number of sulfonamides is 1. The highest BCUT2D eigenvalue weighted by molar-refractivity contribution is 7.89. The fourth-order valence-electron chi connectivity index (χ4n) is 4.27. The Labute approximate surface area is 218 Å². The summed E-state index contributed by atoms with van der Waals surface area (Å²) in [5, 5.41) is 9.67. The van der Waals surface area contributed by atoms with E-state index in [1.54, 1.807) is 30.6 Å². The highest BCUT2D eigenvalue weighted by Gasteiger charge is 2.43. The second-order valence-corrected chi connectivity index (χ2v) is 11.0. The van der Waals surface area contributed by atoms with Gasteiger partial charge in [0.2, 0.25) is 15.9 Å². The van der Waals surface area contributed by atoms with Gasteiger partial charge in [0.1, 0.15) is 10.6 Å². The molecule has 1 saturated heterocycles. The molecule has 1 fully saturated rings. The van der Waals surface area contributed by atoms with Crippen molar-refractivity contribution in [2.75, 3.05) is 39.8 Å². The first-order valence-electron chi connectivity index (χ1n) is 11.7. The zero-order valence-electron chi connectivity index (χ0n) is 20.6. The van der Waals surface area contributed by atoms with E-state index < -0.39 is 22.2 Å². The number of likely N-dealkylation sites (tertiary alicyclic amines) is 1. The van der Waals surface area contributed by atoms with Gasteiger partial charge in [0.05, 0.1) is 13.2 Å². The molecule has 1 spiro atoms. The first-order chi connectivity index (χ1) is 17.9. The second-order valence-electron chi connectivity index (χ2n) is 9.12. The Morgan fingerprint density at radius 1 is 1.13 bits per heavy atom. The number of para-hydroxylation sites is 1. The summed E-state index contributed by atoms with van der Waals surface area (Å²) in [7, 11) is -2.34. The van der Waals surface area contributed by atoms with Crippen LogP contribution in [0.2, 0.25) is 0 Å². The van der Waals surface area contributed by atoms with Gasteiger partial charge in [0.25, 0.3) is 0 Å². The number of carbonyl (C=O) groups excluding carboxylic acids is 1. The number of aromatic nitrogens is 1. The number of fused-ring (bicyclic) bond motifs is 1. The number of rotatable bonds is 4. The zero-order chi connectivity index (χ0) is 28.0. The van der Waals surface area contributed by atoms with E-state index in [0.717, 1.165) is 32.5 Å². The predicted molar refractivity (Wildman–Crippen MR) is 130 cm³/mol. The molecule has 3 heterocycles. The number of likely N-dealkylation sites (N-methyl/N-ethyl adjacent to an activating group) is 1. The SMILES string of the molecule is CNC(=O)CN1CC2(CCN(Cc3ccncc3)CC2)COc2ccccc2S1(=O)=O.O=C(O)C(F)(F)F. The van der Waals surface area contributed by atoms with Crippen molar-refractivity contribution in [1.82, 2.24) is 19.5 Å². The molecule has 0 saturated carbocycles. The Morgan fingerprint density at radius 3 is 2.32 bits per heavy atom. The summed E-state index contributed by atoms with van der Waals surface area (Å²) < 4.78 is 65.9. The van der Waals surface area contributed by atoms with Crippen molar-refractivity contribution in [3.63, 3.8) is 0 Å². The molecule has 0 bridgehead atoms. The Kier molecular flexibility index (Phi) is 9.33. The molecule has 10 nitrogen and oxygen atoms in total. The minimum absolute atomic E-state index is 0.115. The number of aliphatic carboxylic acids is 1. The molecule has 1 aromatic carbocycles. The molecule has 38 heavy (non-hydrogen) atoms. The zero-order valence-corrected chi connectivity index (χ0v) is 21.5. The highest BCUT2D eigenvalue weighted by Crippen LogP contribution is 2.39. The number of pyridine rings is 1. The number of carbonyl (C=O) groups is 2. The number of piperidine rings is 1. The number of benzene rings is 1. The van der Waals surface area contributed by atoms with Crippen LogP contribution in [0.3, 0.4) is 0 Å². The monoisotopic (exact) mass is 558 g/mol. The van der Waals surface area contributed by atoms with Crippen LogP contribution in [0.5, 0.6) is 5.75 Å². The van der Waals surface area contributed by atoms with Crippen LogP contribution in [0.25, 0.3) is 0 Å². The van der Waals surface area contributed by atoms with Crippen molar-refractivity contribution in [2.24, 2.45) is 5.41 Å². The molecule has 14 heteroatoms. The Morgan fingerprint density at radius 2 is 1.74 bits per heavy atom. The van der Waals surface area contributed by atoms with E-state index >= 15 is 0 Å². The second kappa shape index (κ2) is 12.1. The quantitative estimate of drug-likeness (QED) is 0.584. The van der Waals surface area contributed by atoms with Crippen molar-refractivity contribution in [1.29, 1.82) is 0 Å². The van der Waals surface area contributed by atoms with E-state index in [4.69, 9.17) is 14.6 Å². The van der Waals surface area contributed by atoms with Gasteiger partial charge < -0.3 is 15.2 Å². The number of carboxylic acid groups (broad SMARTS) is 1. The maximum absolute atomic E-state index is 13.4. The van der Waals surface area contributed by atoms with Crippen LogP contribution >= 0.6 is 0 Å². The molecule has 0 unspecified atom stereocenters. The lowest BCUT2D eigenvalue weighted by Crippen LogP contribution is -2.53. The van der Waals surface area contributed by atoms with E-state index in [9.17, 15) is 26.4 Å². The summed E-state index contributed by atoms with van der Waals surface area (Å²) in [6.07, 6.45) is 0.0881. The van der Waals surface area contributed by atoms with E-state index in [1.165, 1.54) is 23.0 Å². The summed E-state index contributed by atoms with van der Waals surface area (Å²) in [5.74, 6) is -2.73. The number of amides is 1. The third-order valence-electron chi connectivity index (χ3n) is 6.43. The van der Waals surface area contributed by atoms with E-state index in [2.05, 4.69) is 15.2 Å². The highest BCUT2D eigenvalue weighted by atomic mass is 32.2. The van der Waals surface area contributed by atoms with Crippen molar-refractivity contribution in [2.45, 2.75) is 30.5 Å². The van der Waals surface area contributed by atoms with Crippen molar-refractivity contribution in [3.8, 4) is 5.75 Å². The summed E-state index contributed by atoms with van der Waals surface area (Å²) in [4.78, 5) is 27.6. The third kappa shape index (κ3) is 7.42. The Hall–Kier alpha value is -3.23.